The fourth-order valence-corrected chi connectivity index (χ4v) is 4.23. The number of hydrogen-bond donors (Lipinski definition) is 2. The molecule has 0 aliphatic rings. The van der Waals surface area contributed by atoms with Crippen LogP contribution in [0, 0.1) is 18.6 Å². The Balaban J connectivity index is 2.00. The van der Waals surface area contributed by atoms with Gasteiger partial charge in [-0.05, 0) is 62.7 Å². The number of nitrogens with one attached hydrogen (secondary N) is 2. The summed E-state index contributed by atoms with van der Waals surface area (Å²) in [4.78, 5) is 30.6. The molecule has 26 heavy (non-hydrogen) atoms. The maximum atomic E-state index is 12.9. The van der Waals surface area contributed by atoms with Crippen LogP contribution in [0.2, 0.25) is 0 Å². The molecule has 0 aliphatic carbocycles. The second kappa shape index (κ2) is 7.17. The first-order valence-electron chi connectivity index (χ1n) is 8.47. The van der Waals surface area contributed by atoms with Gasteiger partial charge in [0, 0.05) is 10.6 Å². The molecule has 1 unspecified atom stereocenters. The first-order chi connectivity index (χ1) is 12.3. The van der Waals surface area contributed by atoms with Crippen molar-refractivity contribution in [2.75, 3.05) is 5.32 Å². The molecule has 0 saturated carbocycles. The van der Waals surface area contributed by atoms with Gasteiger partial charge in [0.15, 0.2) is 4.77 Å². The Morgan fingerprint density at radius 3 is 2.81 bits per heavy atom. The SMILES string of the molecule is CCc1cc2c(=O)n(C(C)C(=O)Nc3cccc(C)c3C)c(=S)[nH]c2s1. The summed E-state index contributed by atoms with van der Waals surface area (Å²) in [6.07, 6.45) is 0.849. The monoisotopic (exact) mass is 387 g/mol. The number of carbonyl (C=O) groups excluding carboxylic acids is 1. The van der Waals surface area contributed by atoms with E-state index in [1.165, 1.54) is 15.9 Å². The molecule has 2 heterocycles. The number of anilines is 1. The highest BCUT2D eigenvalue weighted by Crippen LogP contribution is 2.23. The third kappa shape index (κ3) is 3.24. The van der Waals surface area contributed by atoms with E-state index in [4.69, 9.17) is 12.2 Å². The number of benzene rings is 1. The maximum Gasteiger partial charge on any atom is 0.263 e. The predicted molar refractivity (Wildman–Crippen MR) is 110 cm³/mol. The summed E-state index contributed by atoms with van der Waals surface area (Å²) < 4.78 is 1.61. The molecule has 5 nitrogen and oxygen atoms in total. The first-order valence-corrected chi connectivity index (χ1v) is 9.70. The van der Waals surface area contributed by atoms with Crippen molar-refractivity contribution in [1.82, 2.24) is 9.55 Å². The smallest absolute Gasteiger partial charge is 0.263 e. The van der Waals surface area contributed by atoms with Gasteiger partial charge in [0.05, 0.1) is 5.39 Å². The molecule has 0 aliphatic heterocycles. The maximum absolute atomic E-state index is 12.9. The molecule has 0 spiro atoms. The summed E-state index contributed by atoms with van der Waals surface area (Å²) in [6.45, 7) is 7.67. The van der Waals surface area contributed by atoms with Gasteiger partial charge in [-0.15, -0.1) is 11.3 Å². The van der Waals surface area contributed by atoms with Crippen LogP contribution < -0.4 is 10.9 Å². The van der Waals surface area contributed by atoms with Crippen molar-refractivity contribution in [3.8, 4) is 0 Å². The number of aromatic nitrogens is 2. The quantitative estimate of drug-likeness (QED) is 0.648. The van der Waals surface area contributed by atoms with E-state index >= 15 is 0 Å². The van der Waals surface area contributed by atoms with E-state index in [0.717, 1.165) is 32.9 Å². The molecule has 3 rings (SSSR count). The zero-order chi connectivity index (χ0) is 19.0. The molecule has 0 fully saturated rings. The number of amides is 1. The fourth-order valence-electron chi connectivity index (χ4n) is 2.84. The lowest BCUT2D eigenvalue weighted by atomic mass is 10.1. The number of aryl methyl sites for hydroxylation is 2. The van der Waals surface area contributed by atoms with Crippen LogP contribution >= 0.6 is 23.6 Å². The van der Waals surface area contributed by atoms with Crippen LogP contribution in [0.5, 0.6) is 0 Å². The van der Waals surface area contributed by atoms with Gasteiger partial charge < -0.3 is 10.3 Å². The van der Waals surface area contributed by atoms with E-state index in [1.807, 2.05) is 45.0 Å². The number of carbonyl (C=O) groups is 1. The number of rotatable bonds is 4. The minimum absolute atomic E-state index is 0.233. The Morgan fingerprint density at radius 1 is 1.38 bits per heavy atom. The first kappa shape index (κ1) is 18.5. The molecular formula is C19H21N3O2S2. The van der Waals surface area contributed by atoms with Gasteiger partial charge in [0.2, 0.25) is 5.91 Å². The Bertz CT molecular complexity index is 1110. The Hall–Kier alpha value is -2.25. The van der Waals surface area contributed by atoms with Crippen LogP contribution in [0.1, 0.15) is 35.9 Å². The average Bonchev–Trinajstić information content (AvgIpc) is 3.02. The number of thiophene rings is 1. The van der Waals surface area contributed by atoms with Gasteiger partial charge in [-0.1, -0.05) is 19.1 Å². The Kier molecular flexibility index (Phi) is 5.11. The Labute approximate surface area is 160 Å². The van der Waals surface area contributed by atoms with Crippen LogP contribution in [0.3, 0.4) is 0 Å². The van der Waals surface area contributed by atoms with Crippen LogP contribution in [0.15, 0.2) is 29.1 Å². The largest absolute Gasteiger partial charge is 0.324 e. The lowest BCUT2D eigenvalue weighted by Gasteiger charge is -2.17. The van der Waals surface area contributed by atoms with Gasteiger partial charge in [0.1, 0.15) is 10.9 Å². The van der Waals surface area contributed by atoms with Gasteiger partial charge in [-0.3, -0.25) is 14.2 Å². The lowest BCUT2D eigenvalue weighted by molar-refractivity contribution is -0.118. The molecule has 136 valence electrons. The molecule has 2 N–H and O–H groups in total. The van der Waals surface area contributed by atoms with E-state index < -0.39 is 6.04 Å². The zero-order valence-corrected chi connectivity index (χ0v) is 16.8. The molecule has 7 heteroatoms. The minimum Gasteiger partial charge on any atom is -0.324 e. The zero-order valence-electron chi connectivity index (χ0n) is 15.2. The van der Waals surface area contributed by atoms with E-state index in [1.54, 1.807) is 6.92 Å². The summed E-state index contributed by atoms with van der Waals surface area (Å²) >= 11 is 6.88. The van der Waals surface area contributed by atoms with Gasteiger partial charge in [0.25, 0.3) is 5.56 Å². The van der Waals surface area contributed by atoms with Crippen molar-refractivity contribution in [2.24, 2.45) is 0 Å². The summed E-state index contributed by atoms with van der Waals surface area (Å²) in [5.41, 5.74) is 2.61. The Morgan fingerprint density at radius 2 is 2.12 bits per heavy atom. The van der Waals surface area contributed by atoms with Crippen molar-refractivity contribution in [2.45, 2.75) is 40.2 Å². The third-order valence-corrected chi connectivity index (χ3v) is 6.14. The standard InChI is InChI=1S/C19H21N3O2S2/c1-5-13-9-14-17(26-13)21-19(25)22(18(14)24)12(4)16(23)20-15-8-6-7-10(2)11(15)3/h6-9,12H,5H2,1-4H3,(H,20,23)(H,21,25). The fraction of sp³-hybridized carbons (Fsp3) is 0.316. The molecular weight excluding hydrogens is 366 g/mol. The molecule has 1 atom stereocenters. The van der Waals surface area contributed by atoms with Crippen molar-refractivity contribution < 1.29 is 4.79 Å². The van der Waals surface area contributed by atoms with Crippen molar-refractivity contribution in [3.05, 3.63) is 55.4 Å². The molecule has 1 aromatic carbocycles. The molecule has 0 radical (unpaired) electrons. The van der Waals surface area contributed by atoms with Gasteiger partial charge >= 0.3 is 0 Å². The second-order valence-corrected chi connectivity index (χ2v) is 7.85. The molecule has 0 saturated heterocycles. The topological polar surface area (TPSA) is 66.9 Å². The summed E-state index contributed by atoms with van der Waals surface area (Å²) in [5.74, 6) is -0.273. The lowest BCUT2D eigenvalue weighted by Crippen LogP contribution is -2.32. The predicted octanol–water partition coefficient (Wildman–Crippen LogP) is 4.50. The van der Waals surface area contributed by atoms with Crippen molar-refractivity contribution in [1.29, 1.82) is 0 Å². The van der Waals surface area contributed by atoms with E-state index in [2.05, 4.69) is 10.3 Å². The summed E-state index contributed by atoms with van der Waals surface area (Å²) in [6, 6.07) is 6.89. The van der Waals surface area contributed by atoms with Gasteiger partial charge in [-0.2, -0.15) is 0 Å². The van der Waals surface area contributed by atoms with E-state index in [9.17, 15) is 9.59 Å². The third-order valence-electron chi connectivity index (χ3n) is 4.65. The minimum atomic E-state index is -0.722. The summed E-state index contributed by atoms with van der Waals surface area (Å²) in [7, 11) is 0. The number of aromatic amines is 1. The van der Waals surface area contributed by atoms with E-state index in [0.29, 0.717) is 5.39 Å². The molecule has 3 aromatic rings. The highest BCUT2D eigenvalue weighted by Gasteiger charge is 2.20. The summed E-state index contributed by atoms with van der Waals surface area (Å²) in [5, 5.41) is 3.49. The average molecular weight is 388 g/mol. The highest BCUT2D eigenvalue weighted by molar-refractivity contribution is 7.71. The number of H-pyrrole nitrogens is 1. The normalized spacial score (nSPS) is 12.3. The number of nitrogens with zero attached hydrogens (tertiary/aromatic N) is 1. The highest BCUT2D eigenvalue weighted by atomic mass is 32.1. The molecule has 2 aromatic heterocycles. The second-order valence-electron chi connectivity index (χ2n) is 6.33. The van der Waals surface area contributed by atoms with Crippen molar-refractivity contribution in [3.63, 3.8) is 0 Å². The van der Waals surface area contributed by atoms with Crippen molar-refractivity contribution >= 4 is 45.4 Å². The van der Waals surface area contributed by atoms with Crippen LogP contribution in [-0.2, 0) is 11.2 Å². The van der Waals surface area contributed by atoms with E-state index in [-0.39, 0.29) is 16.2 Å². The number of hydrogen-bond acceptors (Lipinski definition) is 4. The van der Waals surface area contributed by atoms with Gasteiger partial charge in [-0.25, -0.2) is 0 Å². The van der Waals surface area contributed by atoms with Crippen LogP contribution in [-0.4, -0.2) is 15.5 Å². The number of fused-ring (bicyclic) bond motifs is 1. The van der Waals surface area contributed by atoms with Crippen LogP contribution in [0.25, 0.3) is 10.2 Å². The molecule has 0 bridgehead atoms. The molecule has 1 amide bonds. The van der Waals surface area contributed by atoms with Crippen LogP contribution in [0.4, 0.5) is 5.69 Å².